The Morgan fingerprint density at radius 2 is 1.63 bits per heavy atom. The molecule has 3 aromatic rings. The van der Waals surface area contributed by atoms with E-state index in [1.807, 2.05) is 30.3 Å². The first kappa shape index (κ1) is 45.7. The predicted molar refractivity (Wildman–Crippen MR) is 223 cm³/mol. The number of benzene rings is 2. The number of rotatable bonds is 18. The topological polar surface area (TPSA) is 161 Å². The van der Waals surface area contributed by atoms with Crippen LogP contribution in [0.2, 0.25) is 0 Å². The number of hydrogen-bond acceptors (Lipinski definition) is 9. The molecule has 2 aliphatic carbocycles. The van der Waals surface area contributed by atoms with Crippen LogP contribution in [0.4, 0.5) is 13.2 Å². The van der Waals surface area contributed by atoms with Crippen LogP contribution in [0.1, 0.15) is 119 Å². The van der Waals surface area contributed by atoms with E-state index in [0.717, 1.165) is 43.2 Å². The molecule has 1 saturated carbocycles. The first-order chi connectivity index (χ1) is 29.7. The third-order valence-electron chi connectivity index (χ3n) is 12.0. The molecule has 2 atom stereocenters. The summed E-state index contributed by atoms with van der Waals surface area (Å²) in [6, 6.07) is 13.8. The van der Waals surface area contributed by atoms with Gasteiger partial charge in [-0.15, -0.1) is 0 Å². The zero-order valence-electron chi connectivity index (χ0n) is 35.1. The van der Waals surface area contributed by atoms with Gasteiger partial charge in [0.1, 0.15) is 17.2 Å². The van der Waals surface area contributed by atoms with E-state index in [1.54, 1.807) is 42.3 Å². The Morgan fingerprint density at radius 1 is 0.903 bits per heavy atom. The number of nitrogens with one attached hydrogen (secondary N) is 2. The number of ether oxygens (including phenoxy) is 2. The number of alkyl halides is 3. The third-order valence-corrected chi connectivity index (χ3v) is 12.0. The molecule has 1 saturated heterocycles. The molecule has 62 heavy (non-hydrogen) atoms. The van der Waals surface area contributed by atoms with Gasteiger partial charge in [0.05, 0.1) is 44.1 Å². The van der Waals surface area contributed by atoms with E-state index in [9.17, 15) is 41.9 Å². The summed E-state index contributed by atoms with van der Waals surface area (Å²) >= 11 is 0. The second-order valence-electron chi connectivity index (χ2n) is 16.4. The molecule has 0 spiro atoms. The van der Waals surface area contributed by atoms with Crippen molar-refractivity contribution in [1.29, 1.82) is 0 Å². The number of fused-ring (bicyclic) bond motifs is 1. The molecule has 2 unspecified atom stereocenters. The third kappa shape index (κ3) is 11.7. The number of amides is 4. The van der Waals surface area contributed by atoms with Crippen LogP contribution in [0.25, 0.3) is 6.08 Å². The van der Waals surface area contributed by atoms with E-state index < -0.39 is 53.2 Å². The first-order valence-electron chi connectivity index (χ1n) is 21.3. The summed E-state index contributed by atoms with van der Waals surface area (Å²) in [5, 5.41) is 5.10. The number of nitrogens with zero attached hydrogens (tertiary/aromatic N) is 2. The summed E-state index contributed by atoms with van der Waals surface area (Å²) < 4.78 is 50.5. The first-order valence-corrected chi connectivity index (χ1v) is 21.3. The number of allylic oxidation sites excluding steroid dienone is 1. The van der Waals surface area contributed by atoms with Gasteiger partial charge in [0, 0.05) is 43.2 Å². The van der Waals surface area contributed by atoms with Gasteiger partial charge in [0.25, 0.3) is 5.91 Å². The quantitative estimate of drug-likeness (QED) is 0.0751. The summed E-state index contributed by atoms with van der Waals surface area (Å²) in [6.07, 6.45) is 6.92. The monoisotopic (exact) mass is 858 g/mol. The van der Waals surface area contributed by atoms with Gasteiger partial charge in [-0.1, -0.05) is 55.7 Å². The van der Waals surface area contributed by atoms with Crippen LogP contribution in [0.3, 0.4) is 0 Å². The minimum absolute atomic E-state index is 0.00897. The van der Waals surface area contributed by atoms with Crippen LogP contribution >= 0.6 is 0 Å². The standard InChI is InChI=1S/C47H53F3N4O8/c1-54(21-6-4-3-5-7-22-62-34-17-18-35-37(26-34)44(58)42(43(35)57)36-19-20-40(55)53-45(36)59)41(56)24-30-9-8-10-31(23-30)27-52-46(60)38-25-32(39(61-2)28-51-38)14-11-29-12-15-33(16-13-29)47(48,49)50/h8-11,14,17-18,23,25-26,28-29,33,36,42H,3-7,12-13,15-16,19-22,24,27H2,1-2H3,(H,52,60)(H,53,55,59)/b14-11+/t29-,33-,36?,42?. The molecule has 2 aromatic carbocycles. The van der Waals surface area contributed by atoms with Crippen molar-refractivity contribution in [3.63, 3.8) is 0 Å². The highest BCUT2D eigenvalue weighted by atomic mass is 19.4. The van der Waals surface area contributed by atoms with Gasteiger partial charge in [0.15, 0.2) is 11.6 Å². The van der Waals surface area contributed by atoms with Crippen molar-refractivity contribution in [3.8, 4) is 11.5 Å². The number of ketones is 2. The lowest BCUT2D eigenvalue weighted by molar-refractivity contribution is -0.183. The molecular formula is C47H53F3N4O8. The Hall–Kier alpha value is -5.86. The lowest BCUT2D eigenvalue weighted by Gasteiger charge is -2.28. The Labute approximate surface area is 359 Å². The van der Waals surface area contributed by atoms with Crippen LogP contribution < -0.4 is 20.1 Å². The van der Waals surface area contributed by atoms with Crippen molar-refractivity contribution in [2.75, 3.05) is 27.3 Å². The van der Waals surface area contributed by atoms with Crippen molar-refractivity contribution < 1.29 is 51.4 Å². The van der Waals surface area contributed by atoms with Crippen LogP contribution in [-0.2, 0) is 27.3 Å². The number of likely N-dealkylation sites (N-methyl/N-ethyl adjacent to an activating group) is 1. The molecule has 4 amide bonds. The van der Waals surface area contributed by atoms with Gasteiger partial charge in [-0.2, -0.15) is 13.2 Å². The Bertz CT molecular complexity index is 2180. The van der Waals surface area contributed by atoms with Crippen LogP contribution in [0.5, 0.6) is 11.5 Å². The highest BCUT2D eigenvalue weighted by Crippen LogP contribution is 2.40. The van der Waals surface area contributed by atoms with Crippen LogP contribution in [0, 0.1) is 23.7 Å². The van der Waals surface area contributed by atoms with E-state index >= 15 is 0 Å². The van der Waals surface area contributed by atoms with E-state index in [4.69, 9.17) is 9.47 Å². The second kappa shape index (κ2) is 20.8. The van der Waals surface area contributed by atoms with Crippen molar-refractivity contribution >= 4 is 41.3 Å². The van der Waals surface area contributed by atoms with Gasteiger partial charge >= 0.3 is 6.18 Å². The Morgan fingerprint density at radius 3 is 2.37 bits per heavy atom. The maximum atomic E-state index is 13.1. The number of Topliss-reactive ketones (excluding diaryl/α,β-unsaturated/α-hetero) is 2. The summed E-state index contributed by atoms with van der Waals surface area (Å²) in [5.74, 6) is -4.50. The normalized spacial score (nSPS) is 20.2. The summed E-state index contributed by atoms with van der Waals surface area (Å²) in [4.78, 5) is 82.1. The molecule has 330 valence electrons. The van der Waals surface area contributed by atoms with Crippen molar-refractivity contribution in [2.45, 2.75) is 89.8 Å². The number of halogens is 3. The molecule has 2 heterocycles. The predicted octanol–water partition coefficient (Wildman–Crippen LogP) is 7.48. The van der Waals surface area contributed by atoms with Crippen LogP contribution in [0.15, 0.2) is 60.8 Å². The number of aromatic nitrogens is 1. The molecule has 2 fully saturated rings. The van der Waals surface area contributed by atoms with E-state index in [2.05, 4.69) is 15.6 Å². The van der Waals surface area contributed by atoms with Crippen molar-refractivity contribution in [3.05, 3.63) is 94.3 Å². The number of carbonyl (C=O) groups is 6. The van der Waals surface area contributed by atoms with Crippen molar-refractivity contribution in [2.24, 2.45) is 23.7 Å². The zero-order chi connectivity index (χ0) is 44.4. The van der Waals surface area contributed by atoms with Crippen molar-refractivity contribution in [1.82, 2.24) is 20.5 Å². The minimum atomic E-state index is -4.16. The zero-order valence-corrected chi connectivity index (χ0v) is 35.1. The molecular weight excluding hydrogens is 806 g/mol. The largest absolute Gasteiger partial charge is 0.495 e. The molecule has 2 N–H and O–H groups in total. The van der Waals surface area contributed by atoms with Gasteiger partial charge in [-0.05, 0) is 86.3 Å². The maximum absolute atomic E-state index is 13.1. The average Bonchev–Trinajstić information content (AvgIpc) is 3.50. The van der Waals surface area contributed by atoms with E-state index in [-0.39, 0.29) is 67.3 Å². The number of carbonyl (C=O) groups excluding carboxylic acids is 6. The van der Waals surface area contributed by atoms with E-state index in [1.165, 1.54) is 13.3 Å². The highest BCUT2D eigenvalue weighted by molar-refractivity contribution is 6.28. The fourth-order valence-corrected chi connectivity index (χ4v) is 8.37. The lowest BCUT2D eigenvalue weighted by atomic mass is 9.81. The van der Waals surface area contributed by atoms with Gasteiger partial charge in [0.2, 0.25) is 17.7 Å². The second-order valence-corrected chi connectivity index (χ2v) is 16.4. The highest BCUT2D eigenvalue weighted by Gasteiger charge is 2.47. The smallest absolute Gasteiger partial charge is 0.391 e. The van der Waals surface area contributed by atoms with Gasteiger partial charge in [-0.25, -0.2) is 4.98 Å². The van der Waals surface area contributed by atoms with Crippen LogP contribution in [-0.4, -0.2) is 78.6 Å². The minimum Gasteiger partial charge on any atom is -0.495 e. The number of unbranched alkanes of at least 4 members (excludes halogenated alkanes) is 4. The van der Waals surface area contributed by atoms with E-state index in [0.29, 0.717) is 43.1 Å². The number of hydrogen-bond donors (Lipinski definition) is 2. The fourth-order valence-electron chi connectivity index (χ4n) is 8.37. The SMILES string of the molecule is COc1cnc(C(=O)NCc2cccc(CC(=O)N(C)CCCCCCCOc3ccc4c(c3)C(=O)C(C3CCC(=O)NC3=O)C4=O)c2)cc1/C=C/[C@H]1CC[C@H](C(F)(F)F)CC1. The molecule has 1 aromatic heterocycles. The molecule has 0 bridgehead atoms. The molecule has 15 heteroatoms. The van der Waals surface area contributed by atoms with Gasteiger partial charge in [-0.3, -0.25) is 34.1 Å². The number of piperidine rings is 1. The number of pyridine rings is 1. The summed E-state index contributed by atoms with van der Waals surface area (Å²) in [5.41, 5.74) is 2.94. The lowest BCUT2D eigenvalue weighted by Crippen LogP contribution is -2.46. The Kier molecular flexibility index (Phi) is 15.3. The fraction of sp³-hybridized carbons (Fsp3) is 0.468. The molecule has 3 aliphatic rings. The molecule has 0 radical (unpaired) electrons. The molecule has 1 aliphatic heterocycles. The average molecular weight is 859 g/mol. The molecule has 12 nitrogen and oxygen atoms in total. The Balaban J connectivity index is 0.870. The summed E-state index contributed by atoms with van der Waals surface area (Å²) in [6.45, 7) is 1.25. The summed E-state index contributed by atoms with van der Waals surface area (Å²) in [7, 11) is 3.27. The number of imide groups is 1. The van der Waals surface area contributed by atoms with Gasteiger partial charge < -0.3 is 19.7 Å². The maximum Gasteiger partial charge on any atom is 0.391 e. The number of methoxy groups -OCH3 is 1. The molecule has 6 rings (SSSR count).